The van der Waals surface area contributed by atoms with Crippen molar-refractivity contribution in [2.75, 3.05) is 5.01 Å². The van der Waals surface area contributed by atoms with E-state index in [1.54, 1.807) is 26.0 Å². The van der Waals surface area contributed by atoms with E-state index >= 15 is 0 Å². The number of hydrogen-bond donors (Lipinski definition) is 0. The van der Waals surface area contributed by atoms with Gasteiger partial charge in [-0.05, 0) is 31.5 Å². The second-order valence-corrected chi connectivity index (χ2v) is 5.82. The number of carbonyl (C=O) groups excluding carboxylic acids is 2. The Hall–Kier alpha value is -2.95. The number of anilines is 1. The second kappa shape index (κ2) is 6.28. The highest BCUT2D eigenvalue weighted by molar-refractivity contribution is 6.29. The summed E-state index contributed by atoms with van der Waals surface area (Å²) in [6.07, 6.45) is 0. The Labute approximate surface area is 140 Å². The van der Waals surface area contributed by atoms with Gasteiger partial charge in [-0.2, -0.15) is 10.1 Å². The molecule has 5 heteroatoms. The van der Waals surface area contributed by atoms with Crippen molar-refractivity contribution < 1.29 is 14.3 Å². The SMILES string of the molecule is CC1=NN(c2ccccc2)C(=O)C1(C)C(=O)OCc1ccccc1. The lowest BCUT2D eigenvalue weighted by Crippen LogP contribution is -2.44. The molecular formula is C19H18N2O3. The number of hydrazone groups is 1. The van der Waals surface area contributed by atoms with E-state index in [4.69, 9.17) is 4.74 Å². The van der Waals surface area contributed by atoms with Crippen LogP contribution in [0.2, 0.25) is 0 Å². The van der Waals surface area contributed by atoms with Crippen LogP contribution in [0.3, 0.4) is 0 Å². The van der Waals surface area contributed by atoms with Crippen molar-refractivity contribution in [2.24, 2.45) is 10.5 Å². The summed E-state index contributed by atoms with van der Waals surface area (Å²) < 4.78 is 5.37. The molecular weight excluding hydrogens is 304 g/mol. The van der Waals surface area contributed by atoms with E-state index in [2.05, 4.69) is 5.10 Å². The molecule has 1 aliphatic heterocycles. The summed E-state index contributed by atoms with van der Waals surface area (Å²) in [4.78, 5) is 25.4. The first kappa shape index (κ1) is 15.9. The van der Waals surface area contributed by atoms with E-state index in [9.17, 15) is 9.59 Å². The highest BCUT2D eigenvalue weighted by Crippen LogP contribution is 2.33. The van der Waals surface area contributed by atoms with Crippen molar-refractivity contribution in [3.05, 3.63) is 66.2 Å². The summed E-state index contributed by atoms with van der Waals surface area (Å²) in [7, 11) is 0. The van der Waals surface area contributed by atoms with E-state index in [0.717, 1.165) is 5.56 Å². The van der Waals surface area contributed by atoms with Crippen molar-refractivity contribution >= 4 is 23.3 Å². The molecule has 1 aliphatic rings. The fraction of sp³-hybridized carbons (Fsp3) is 0.211. The Kier molecular flexibility index (Phi) is 4.16. The van der Waals surface area contributed by atoms with E-state index in [0.29, 0.717) is 11.4 Å². The van der Waals surface area contributed by atoms with Gasteiger partial charge in [0.25, 0.3) is 5.91 Å². The minimum Gasteiger partial charge on any atom is -0.460 e. The zero-order valence-corrected chi connectivity index (χ0v) is 13.6. The first-order valence-corrected chi connectivity index (χ1v) is 7.70. The summed E-state index contributed by atoms with van der Waals surface area (Å²) in [6, 6.07) is 18.4. The molecule has 0 saturated carbocycles. The average molecular weight is 322 g/mol. The molecule has 1 unspecified atom stereocenters. The van der Waals surface area contributed by atoms with Crippen LogP contribution in [0.4, 0.5) is 5.69 Å². The van der Waals surface area contributed by atoms with Crippen LogP contribution < -0.4 is 5.01 Å². The van der Waals surface area contributed by atoms with Gasteiger partial charge in [-0.1, -0.05) is 48.5 Å². The van der Waals surface area contributed by atoms with Gasteiger partial charge in [-0.3, -0.25) is 9.59 Å². The molecule has 0 fully saturated rings. The van der Waals surface area contributed by atoms with E-state index in [1.807, 2.05) is 48.5 Å². The number of esters is 1. The van der Waals surface area contributed by atoms with Crippen molar-refractivity contribution in [2.45, 2.75) is 20.5 Å². The molecule has 1 heterocycles. The monoisotopic (exact) mass is 322 g/mol. The lowest BCUT2D eigenvalue weighted by Gasteiger charge is -2.21. The lowest BCUT2D eigenvalue weighted by molar-refractivity contribution is -0.155. The molecule has 1 amide bonds. The van der Waals surface area contributed by atoms with Gasteiger partial charge in [0.05, 0.1) is 11.4 Å². The fourth-order valence-corrected chi connectivity index (χ4v) is 2.51. The predicted molar refractivity (Wildman–Crippen MR) is 91.4 cm³/mol. The summed E-state index contributed by atoms with van der Waals surface area (Å²) in [5.41, 5.74) is 0.523. The van der Waals surface area contributed by atoms with Crippen LogP contribution in [-0.4, -0.2) is 17.6 Å². The van der Waals surface area contributed by atoms with Crippen molar-refractivity contribution in [3.8, 4) is 0 Å². The lowest BCUT2D eigenvalue weighted by atomic mass is 9.85. The van der Waals surface area contributed by atoms with Crippen molar-refractivity contribution in [3.63, 3.8) is 0 Å². The molecule has 0 radical (unpaired) electrons. The molecule has 0 aliphatic carbocycles. The van der Waals surface area contributed by atoms with Gasteiger partial charge in [0.15, 0.2) is 5.41 Å². The number of nitrogens with zero attached hydrogens (tertiary/aromatic N) is 2. The molecule has 24 heavy (non-hydrogen) atoms. The topological polar surface area (TPSA) is 59.0 Å². The summed E-state index contributed by atoms with van der Waals surface area (Å²) >= 11 is 0. The number of rotatable bonds is 4. The van der Waals surface area contributed by atoms with Crippen LogP contribution in [-0.2, 0) is 20.9 Å². The Balaban J connectivity index is 1.78. The second-order valence-electron chi connectivity index (χ2n) is 5.82. The molecule has 0 saturated heterocycles. The van der Waals surface area contributed by atoms with Crippen LogP contribution in [0.25, 0.3) is 0 Å². The molecule has 2 aromatic carbocycles. The zero-order valence-electron chi connectivity index (χ0n) is 13.6. The van der Waals surface area contributed by atoms with E-state index in [1.165, 1.54) is 5.01 Å². The van der Waals surface area contributed by atoms with Crippen LogP contribution in [0.5, 0.6) is 0 Å². The van der Waals surface area contributed by atoms with Crippen LogP contribution >= 0.6 is 0 Å². The largest absolute Gasteiger partial charge is 0.460 e. The Morgan fingerprint density at radius 1 is 1.08 bits per heavy atom. The third-order valence-electron chi connectivity index (χ3n) is 4.22. The molecule has 2 aromatic rings. The number of para-hydroxylation sites is 1. The molecule has 0 spiro atoms. The van der Waals surface area contributed by atoms with Gasteiger partial charge < -0.3 is 4.74 Å². The average Bonchev–Trinajstić information content (AvgIpc) is 2.86. The van der Waals surface area contributed by atoms with Gasteiger partial charge in [0, 0.05) is 0 Å². The van der Waals surface area contributed by atoms with Crippen LogP contribution in [0.1, 0.15) is 19.4 Å². The highest BCUT2D eigenvalue weighted by atomic mass is 16.5. The molecule has 0 N–H and O–H groups in total. The van der Waals surface area contributed by atoms with Crippen molar-refractivity contribution in [1.29, 1.82) is 0 Å². The fourth-order valence-electron chi connectivity index (χ4n) is 2.51. The normalized spacial score (nSPS) is 20.0. The van der Waals surface area contributed by atoms with Gasteiger partial charge in [0.1, 0.15) is 6.61 Å². The van der Waals surface area contributed by atoms with Gasteiger partial charge in [-0.25, -0.2) is 0 Å². The molecule has 0 aromatic heterocycles. The summed E-state index contributed by atoms with van der Waals surface area (Å²) in [5, 5.41) is 5.53. The number of hydrogen-bond acceptors (Lipinski definition) is 4. The minimum absolute atomic E-state index is 0.126. The quantitative estimate of drug-likeness (QED) is 0.642. The maximum atomic E-state index is 12.8. The standard InChI is InChI=1S/C19H18N2O3/c1-14-19(2,18(23)24-13-15-9-5-3-6-10-15)17(22)21(20-14)16-11-7-4-8-12-16/h3-12H,13H2,1-2H3. The maximum Gasteiger partial charge on any atom is 0.327 e. The van der Waals surface area contributed by atoms with Crippen LogP contribution in [0, 0.1) is 5.41 Å². The Bertz CT molecular complexity index is 787. The van der Waals surface area contributed by atoms with E-state index in [-0.39, 0.29) is 6.61 Å². The Morgan fingerprint density at radius 3 is 2.29 bits per heavy atom. The Morgan fingerprint density at radius 2 is 1.67 bits per heavy atom. The molecule has 122 valence electrons. The zero-order chi connectivity index (χ0) is 17.2. The van der Waals surface area contributed by atoms with Gasteiger partial charge in [0.2, 0.25) is 0 Å². The maximum absolute atomic E-state index is 12.8. The third kappa shape index (κ3) is 2.69. The molecule has 5 nitrogen and oxygen atoms in total. The summed E-state index contributed by atoms with van der Waals surface area (Å²) in [5.74, 6) is -0.986. The number of amides is 1. The number of carbonyl (C=O) groups is 2. The molecule has 0 bridgehead atoms. The van der Waals surface area contributed by atoms with E-state index < -0.39 is 17.3 Å². The van der Waals surface area contributed by atoms with Crippen LogP contribution in [0.15, 0.2) is 65.8 Å². The first-order chi connectivity index (χ1) is 11.5. The highest BCUT2D eigenvalue weighted by Gasteiger charge is 2.53. The van der Waals surface area contributed by atoms with Gasteiger partial charge in [-0.15, -0.1) is 0 Å². The number of benzene rings is 2. The first-order valence-electron chi connectivity index (χ1n) is 7.70. The smallest absolute Gasteiger partial charge is 0.327 e. The summed E-state index contributed by atoms with van der Waals surface area (Å²) in [6.45, 7) is 3.36. The molecule has 1 atom stereocenters. The number of ether oxygens (including phenoxy) is 1. The predicted octanol–water partition coefficient (Wildman–Crippen LogP) is 3.16. The van der Waals surface area contributed by atoms with Crippen molar-refractivity contribution in [1.82, 2.24) is 0 Å². The minimum atomic E-state index is -1.40. The third-order valence-corrected chi connectivity index (χ3v) is 4.22. The van der Waals surface area contributed by atoms with Gasteiger partial charge >= 0.3 is 5.97 Å². The molecule has 3 rings (SSSR count).